The number of hydrogen-bond acceptors (Lipinski definition) is 9. The van der Waals surface area contributed by atoms with E-state index >= 15 is 0 Å². The second-order valence-electron chi connectivity index (χ2n) is 10.2. The molecule has 0 spiro atoms. The summed E-state index contributed by atoms with van der Waals surface area (Å²) in [6.45, 7) is 2.13. The van der Waals surface area contributed by atoms with Crippen molar-refractivity contribution in [1.29, 1.82) is 0 Å². The fraction of sp³-hybridized carbons (Fsp3) is 0.310. The molecule has 2 aromatic heterocycles. The van der Waals surface area contributed by atoms with E-state index in [0.29, 0.717) is 42.9 Å². The van der Waals surface area contributed by atoms with E-state index in [4.69, 9.17) is 26.7 Å². The van der Waals surface area contributed by atoms with Gasteiger partial charge in [0.15, 0.2) is 16.3 Å². The lowest BCUT2D eigenvalue weighted by Gasteiger charge is -2.36. The van der Waals surface area contributed by atoms with Gasteiger partial charge in [-0.25, -0.2) is 18.8 Å². The molecule has 1 fully saturated rings. The Bertz CT molecular complexity index is 1860. The van der Waals surface area contributed by atoms with Gasteiger partial charge in [0.25, 0.3) is 5.56 Å². The third-order valence-electron chi connectivity index (χ3n) is 7.46. The molecule has 1 N–H and O–H groups in total. The van der Waals surface area contributed by atoms with Gasteiger partial charge in [-0.05, 0) is 48.1 Å². The maximum absolute atomic E-state index is 13.6. The number of esters is 2. The molecule has 1 aliphatic rings. The molecule has 0 aliphatic carbocycles. The number of ether oxygens (including phenoxy) is 2. The smallest absolute Gasteiger partial charge is 0.337 e. The number of benzene rings is 2. The zero-order chi connectivity index (χ0) is 31.7. The average Bonchev–Trinajstić information content (AvgIpc) is 3.41. The molecular weight excluding hydrogens is 593 g/mol. The summed E-state index contributed by atoms with van der Waals surface area (Å²) in [6.07, 6.45) is 0. The van der Waals surface area contributed by atoms with Crippen molar-refractivity contribution < 1.29 is 23.5 Å². The van der Waals surface area contributed by atoms with Crippen molar-refractivity contribution in [3.63, 3.8) is 0 Å². The molecule has 0 unspecified atom stereocenters. The topological polar surface area (TPSA) is 133 Å². The molecule has 0 radical (unpaired) electrons. The molecule has 0 amide bonds. The molecule has 3 heterocycles. The van der Waals surface area contributed by atoms with E-state index in [1.165, 1.54) is 56.2 Å². The van der Waals surface area contributed by atoms with Crippen molar-refractivity contribution in [2.24, 2.45) is 14.1 Å². The summed E-state index contributed by atoms with van der Waals surface area (Å²) in [5.74, 6) is -1.11. The Morgan fingerprint density at radius 3 is 2.09 bits per heavy atom. The number of anilines is 2. The van der Waals surface area contributed by atoms with Crippen molar-refractivity contribution in [3.05, 3.63) is 85.8 Å². The largest absolute Gasteiger partial charge is 0.465 e. The summed E-state index contributed by atoms with van der Waals surface area (Å²) in [5, 5.41) is 3.47. The van der Waals surface area contributed by atoms with Gasteiger partial charge in [-0.2, -0.15) is 4.98 Å². The molecule has 1 saturated heterocycles. The van der Waals surface area contributed by atoms with Gasteiger partial charge in [0.05, 0.1) is 31.9 Å². The molecule has 5 rings (SSSR count). The van der Waals surface area contributed by atoms with Crippen LogP contribution in [0.25, 0.3) is 11.2 Å². The van der Waals surface area contributed by atoms with Crippen LogP contribution in [-0.4, -0.2) is 81.0 Å². The first-order chi connectivity index (χ1) is 21.0. The predicted molar refractivity (Wildman–Crippen MR) is 165 cm³/mol. The standard InChI is InChI=1S/C29H30FN7O6S/c1-33-23-22(24(38)34(2)29(33)41)37(16-17-5-7-20(30)8-6-17)27(32-23)35-9-11-36(12-10-35)28(44)31-21-14-18(25(39)42-3)13-19(15-21)26(40)43-4/h5-8,13-15H,9-12,16H2,1-4H3,(H,31,44). The fourth-order valence-corrected chi connectivity index (χ4v) is 5.38. The molecule has 0 saturated carbocycles. The van der Waals surface area contributed by atoms with E-state index < -0.39 is 23.2 Å². The van der Waals surface area contributed by atoms with E-state index in [1.807, 2.05) is 9.80 Å². The van der Waals surface area contributed by atoms with Crippen LogP contribution in [0.15, 0.2) is 52.1 Å². The summed E-state index contributed by atoms with van der Waals surface area (Å²) >= 11 is 5.65. The van der Waals surface area contributed by atoms with E-state index in [2.05, 4.69) is 5.32 Å². The molecule has 15 heteroatoms. The Morgan fingerprint density at radius 1 is 0.932 bits per heavy atom. The highest BCUT2D eigenvalue weighted by Gasteiger charge is 2.27. The lowest BCUT2D eigenvalue weighted by Crippen LogP contribution is -2.50. The van der Waals surface area contributed by atoms with E-state index in [9.17, 15) is 23.6 Å². The van der Waals surface area contributed by atoms with Gasteiger partial charge >= 0.3 is 17.6 Å². The minimum atomic E-state index is -0.616. The molecule has 2 aromatic carbocycles. The number of carbonyl (C=O) groups excluding carboxylic acids is 2. The molecule has 44 heavy (non-hydrogen) atoms. The molecule has 1 aliphatic heterocycles. The Labute approximate surface area is 256 Å². The van der Waals surface area contributed by atoms with Crippen LogP contribution in [0.4, 0.5) is 16.0 Å². The van der Waals surface area contributed by atoms with E-state index in [0.717, 1.165) is 10.1 Å². The van der Waals surface area contributed by atoms with Gasteiger partial charge in [0, 0.05) is 46.0 Å². The Hall–Kier alpha value is -5.05. The van der Waals surface area contributed by atoms with Crippen molar-refractivity contribution >= 4 is 52.1 Å². The number of hydrogen-bond donors (Lipinski definition) is 1. The number of piperazine rings is 1. The number of thiocarbonyl (C=S) groups is 1. The van der Waals surface area contributed by atoms with Crippen molar-refractivity contribution in [3.8, 4) is 0 Å². The number of aryl methyl sites for hydroxylation is 1. The Balaban J connectivity index is 1.40. The van der Waals surface area contributed by atoms with Crippen LogP contribution in [0.3, 0.4) is 0 Å². The summed E-state index contributed by atoms with van der Waals surface area (Å²) in [7, 11) is 5.47. The number of carbonyl (C=O) groups is 2. The van der Waals surface area contributed by atoms with Gasteiger partial charge < -0.3 is 24.6 Å². The first-order valence-corrected chi connectivity index (χ1v) is 14.0. The first-order valence-electron chi connectivity index (χ1n) is 13.6. The molecule has 4 aromatic rings. The number of aromatic nitrogens is 4. The highest BCUT2D eigenvalue weighted by Crippen LogP contribution is 2.24. The molecular formula is C29H30FN7O6S. The van der Waals surface area contributed by atoms with Gasteiger partial charge in [-0.15, -0.1) is 0 Å². The van der Waals surface area contributed by atoms with Crippen LogP contribution in [0.5, 0.6) is 0 Å². The summed E-state index contributed by atoms with van der Waals surface area (Å²) < 4.78 is 27.3. The minimum Gasteiger partial charge on any atom is -0.465 e. The minimum absolute atomic E-state index is 0.158. The summed E-state index contributed by atoms with van der Waals surface area (Å²) in [4.78, 5) is 58.9. The second-order valence-corrected chi connectivity index (χ2v) is 10.6. The third-order valence-corrected chi connectivity index (χ3v) is 7.82. The summed E-state index contributed by atoms with van der Waals surface area (Å²) in [5.41, 5.74) is 1.03. The highest BCUT2D eigenvalue weighted by atomic mass is 32.1. The molecule has 0 atom stereocenters. The lowest BCUT2D eigenvalue weighted by atomic mass is 10.1. The van der Waals surface area contributed by atoms with Crippen molar-refractivity contribution in [1.82, 2.24) is 23.6 Å². The van der Waals surface area contributed by atoms with Gasteiger partial charge in [0.1, 0.15) is 5.82 Å². The molecule has 230 valence electrons. The lowest BCUT2D eigenvalue weighted by molar-refractivity contribution is 0.0599. The number of imidazole rings is 1. The van der Waals surface area contributed by atoms with Gasteiger partial charge in [-0.3, -0.25) is 18.5 Å². The number of fused-ring (bicyclic) bond motifs is 1. The normalized spacial score (nSPS) is 13.2. The number of rotatable bonds is 6. The quantitative estimate of drug-likeness (QED) is 0.249. The average molecular weight is 624 g/mol. The SMILES string of the molecule is COC(=O)c1cc(NC(=S)N2CCN(c3nc4c(c(=O)n(C)c(=O)n4C)n3Cc3ccc(F)cc3)CC2)cc(C(=O)OC)c1. The van der Waals surface area contributed by atoms with E-state index in [1.54, 1.807) is 23.7 Å². The molecule has 13 nitrogen and oxygen atoms in total. The number of halogens is 1. The number of methoxy groups -OCH3 is 2. The Kier molecular flexibility index (Phi) is 8.49. The zero-order valence-corrected chi connectivity index (χ0v) is 25.3. The zero-order valence-electron chi connectivity index (χ0n) is 24.5. The monoisotopic (exact) mass is 623 g/mol. The fourth-order valence-electron chi connectivity index (χ4n) is 5.08. The third kappa shape index (κ3) is 5.77. The Morgan fingerprint density at radius 2 is 1.52 bits per heavy atom. The highest BCUT2D eigenvalue weighted by molar-refractivity contribution is 7.80. The van der Waals surface area contributed by atoms with Crippen LogP contribution < -0.4 is 21.5 Å². The maximum atomic E-state index is 13.6. The second kappa shape index (κ2) is 12.3. The first kappa shape index (κ1) is 30.4. The predicted octanol–water partition coefficient (Wildman–Crippen LogP) is 1.71. The van der Waals surface area contributed by atoms with Crippen LogP contribution in [0, 0.1) is 5.82 Å². The van der Waals surface area contributed by atoms with E-state index in [-0.39, 0.29) is 34.7 Å². The van der Waals surface area contributed by atoms with Crippen LogP contribution in [0.2, 0.25) is 0 Å². The van der Waals surface area contributed by atoms with Crippen LogP contribution >= 0.6 is 12.2 Å². The van der Waals surface area contributed by atoms with Crippen molar-refractivity contribution in [2.45, 2.75) is 6.54 Å². The molecule has 0 bridgehead atoms. The van der Waals surface area contributed by atoms with Crippen LogP contribution in [0.1, 0.15) is 26.3 Å². The van der Waals surface area contributed by atoms with Crippen molar-refractivity contribution in [2.75, 3.05) is 50.6 Å². The van der Waals surface area contributed by atoms with Crippen LogP contribution in [-0.2, 0) is 30.1 Å². The number of nitrogens with zero attached hydrogens (tertiary/aromatic N) is 6. The van der Waals surface area contributed by atoms with Gasteiger partial charge in [-0.1, -0.05) is 12.1 Å². The van der Waals surface area contributed by atoms with Gasteiger partial charge in [0.2, 0.25) is 5.95 Å². The number of nitrogens with one attached hydrogen (secondary N) is 1. The maximum Gasteiger partial charge on any atom is 0.337 e. The summed E-state index contributed by atoms with van der Waals surface area (Å²) in [6, 6.07) is 10.4.